The van der Waals surface area contributed by atoms with Gasteiger partial charge < -0.3 is 0 Å². The van der Waals surface area contributed by atoms with Gasteiger partial charge in [-0.1, -0.05) is 23.8 Å². The van der Waals surface area contributed by atoms with Crippen LogP contribution in [0.2, 0.25) is 0 Å². The molecule has 0 aliphatic carbocycles. The first kappa shape index (κ1) is 7.31. The van der Waals surface area contributed by atoms with E-state index in [0.717, 1.165) is 5.56 Å². The maximum atomic E-state index is 6.77. The minimum Gasteiger partial charge on any atom is -0.250 e. The highest BCUT2D eigenvalue weighted by molar-refractivity contribution is 5.71. The highest BCUT2D eigenvalue weighted by Crippen LogP contribution is 2.28. The number of hydrogen-bond acceptors (Lipinski definition) is 0. The van der Waals surface area contributed by atoms with Crippen LogP contribution in [0.25, 0.3) is 9.69 Å². The summed E-state index contributed by atoms with van der Waals surface area (Å²) >= 11 is 0. The minimum absolute atomic E-state index is 0.436. The number of aryl methyl sites for hydroxylation is 1. The molecule has 2 nitrogen and oxygen atoms in total. The molecule has 0 radical (unpaired) electrons. The third-order valence-electron chi connectivity index (χ3n) is 1.37. The van der Waals surface area contributed by atoms with E-state index in [4.69, 9.17) is 13.1 Å². The summed E-state index contributed by atoms with van der Waals surface area (Å²) in [4.78, 5) is 6.46. The van der Waals surface area contributed by atoms with E-state index in [1.165, 1.54) is 0 Å². The van der Waals surface area contributed by atoms with Crippen molar-refractivity contribution in [2.75, 3.05) is 0 Å². The van der Waals surface area contributed by atoms with E-state index in [-0.39, 0.29) is 0 Å². The Labute approximate surface area is 65.7 Å². The standard InChI is InChI=1S/C9H6N2/c1-7-4-5-8(10-2)9(6-7)11-3/h4-6H,1H3. The van der Waals surface area contributed by atoms with Gasteiger partial charge in [-0.2, -0.15) is 0 Å². The zero-order chi connectivity index (χ0) is 8.27. The second-order valence-electron chi connectivity index (χ2n) is 2.22. The lowest BCUT2D eigenvalue weighted by atomic mass is 10.2. The molecule has 0 saturated heterocycles. The SMILES string of the molecule is [C-]#[N+]c1ccc(C)cc1[N+]#[C-]. The lowest BCUT2D eigenvalue weighted by Crippen LogP contribution is -1.68. The van der Waals surface area contributed by atoms with Crippen LogP contribution in [-0.4, -0.2) is 0 Å². The molecule has 0 fully saturated rings. The van der Waals surface area contributed by atoms with Gasteiger partial charge in [-0.3, -0.25) is 9.69 Å². The van der Waals surface area contributed by atoms with Crippen molar-refractivity contribution in [1.82, 2.24) is 0 Å². The van der Waals surface area contributed by atoms with E-state index < -0.39 is 0 Å². The lowest BCUT2D eigenvalue weighted by molar-refractivity contribution is 1.49. The summed E-state index contributed by atoms with van der Waals surface area (Å²) < 4.78 is 0. The van der Waals surface area contributed by atoms with Gasteiger partial charge in [0, 0.05) is 0 Å². The molecule has 0 N–H and O–H groups in total. The van der Waals surface area contributed by atoms with Crippen LogP contribution < -0.4 is 0 Å². The molecule has 0 bridgehead atoms. The first-order valence-electron chi connectivity index (χ1n) is 3.13. The van der Waals surface area contributed by atoms with Crippen LogP contribution in [0.4, 0.5) is 11.4 Å². The molecule has 52 valence electrons. The van der Waals surface area contributed by atoms with Gasteiger partial charge in [0.1, 0.15) is 0 Å². The Morgan fingerprint density at radius 1 is 1.09 bits per heavy atom. The smallest absolute Gasteiger partial charge is 0.194 e. The van der Waals surface area contributed by atoms with Crippen LogP contribution in [0.15, 0.2) is 18.2 Å². The van der Waals surface area contributed by atoms with Gasteiger partial charge in [0.25, 0.3) is 0 Å². The van der Waals surface area contributed by atoms with Gasteiger partial charge in [-0.25, -0.2) is 0 Å². The number of hydrogen-bond donors (Lipinski definition) is 0. The third-order valence-corrected chi connectivity index (χ3v) is 1.37. The summed E-state index contributed by atoms with van der Waals surface area (Å²) in [6, 6.07) is 5.23. The Morgan fingerprint density at radius 2 is 1.73 bits per heavy atom. The summed E-state index contributed by atoms with van der Waals surface area (Å²) in [7, 11) is 0. The fourth-order valence-corrected chi connectivity index (χ4v) is 0.818. The van der Waals surface area contributed by atoms with E-state index in [1.807, 2.05) is 13.0 Å². The molecule has 0 aliphatic rings. The minimum atomic E-state index is 0.436. The molecule has 1 rings (SSSR count). The summed E-state index contributed by atoms with van der Waals surface area (Å²) in [6.45, 7) is 15.4. The molecule has 0 spiro atoms. The van der Waals surface area contributed by atoms with E-state index in [0.29, 0.717) is 11.4 Å². The highest BCUT2D eigenvalue weighted by Gasteiger charge is 1.99. The summed E-state index contributed by atoms with van der Waals surface area (Å²) in [5.41, 5.74) is 1.90. The highest BCUT2D eigenvalue weighted by atomic mass is 14.7. The Hall–Kier alpha value is -1.80. The number of nitrogens with zero attached hydrogens (tertiary/aromatic N) is 2. The summed E-state index contributed by atoms with van der Waals surface area (Å²) in [6.07, 6.45) is 0. The predicted octanol–water partition coefficient (Wildman–Crippen LogP) is 3.10. The van der Waals surface area contributed by atoms with Crippen LogP contribution in [0, 0.1) is 20.1 Å². The first-order chi connectivity index (χ1) is 5.27. The predicted molar refractivity (Wildman–Crippen MR) is 43.7 cm³/mol. The third kappa shape index (κ3) is 1.36. The zero-order valence-electron chi connectivity index (χ0n) is 6.13. The molecule has 0 saturated carbocycles. The molecule has 1 aromatic carbocycles. The van der Waals surface area contributed by atoms with Crippen molar-refractivity contribution in [3.63, 3.8) is 0 Å². The van der Waals surface area contributed by atoms with Gasteiger partial charge in [-0.15, -0.1) is 0 Å². The quantitative estimate of drug-likeness (QED) is 0.492. The molecule has 0 heterocycles. The van der Waals surface area contributed by atoms with E-state index >= 15 is 0 Å². The molecule has 0 unspecified atom stereocenters. The van der Waals surface area contributed by atoms with Crippen LogP contribution in [-0.2, 0) is 0 Å². The molecule has 2 heteroatoms. The van der Waals surface area contributed by atoms with Gasteiger partial charge in [0.05, 0.1) is 13.1 Å². The van der Waals surface area contributed by atoms with Crippen LogP contribution in [0.1, 0.15) is 5.56 Å². The zero-order valence-corrected chi connectivity index (χ0v) is 6.13. The molecule has 0 aliphatic heterocycles. The number of benzene rings is 1. The molecular formula is C9H6N2. The number of rotatable bonds is 0. The second-order valence-corrected chi connectivity index (χ2v) is 2.22. The van der Waals surface area contributed by atoms with Crippen molar-refractivity contribution in [2.45, 2.75) is 6.92 Å². The van der Waals surface area contributed by atoms with Crippen LogP contribution in [0.3, 0.4) is 0 Å². The fraction of sp³-hybridized carbons (Fsp3) is 0.111. The topological polar surface area (TPSA) is 8.72 Å². The average molecular weight is 142 g/mol. The van der Waals surface area contributed by atoms with Gasteiger partial charge in [-0.05, 0) is 6.92 Å². The molecule has 11 heavy (non-hydrogen) atoms. The van der Waals surface area contributed by atoms with Gasteiger partial charge in [0.15, 0.2) is 11.4 Å². The molecule has 0 atom stereocenters. The molecule has 1 aromatic rings. The monoisotopic (exact) mass is 142 g/mol. The van der Waals surface area contributed by atoms with E-state index in [2.05, 4.69) is 9.69 Å². The fourth-order valence-electron chi connectivity index (χ4n) is 0.818. The average Bonchev–Trinajstić information content (AvgIpc) is 2.04. The lowest BCUT2D eigenvalue weighted by Gasteiger charge is -1.94. The van der Waals surface area contributed by atoms with Crippen molar-refractivity contribution in [2.24, 2.45) is 0 Å². The van der Waals surface area contributed by atoms with Gasteiger partial charge in [0.2, 0.25) is 0 Å². The molecule has 0 aromatic heterocycles. The van der Waals surface area contributed by atoms with Crippen molar-refractivity contribution >= 4 is 11.4 Å². The largest absolute Gasteiger partial charge is 0.250 e. The summed E-state index contributed by atoms with van der Waals surface area (Å²) in [5, 5.41) is 0. The Morgan fingerprint density at radius 3 is 2.27 bits per heavy atom. The van der Waals surface area contributed by atoms with E-state index in [1.54, 1.807) is 12.1 Å². The van der Waals surface area contributed by atoms with Crippen molar-refractivity contribution in [1.29, 1.82) is 0 Å². The van der Waals surface area contributed by atoms with Crippen molar-refractivity contribution < 1.29 is 0 Å². The van der Waals surface area contributed by atoms with Crippen molar-refractivity contribution in [3.8, 4) is 0 Å². The second kappa shape index (κ2) is 2.86. The molecular weight excluding hydrogens is 136 g/mol. The van der Waals surface area contributed by atoms with Gasteiger partial charge >= 0.3 is 0 Å². The summed E-state index contributed by atoms with van der Waals surface area (Å²) in [5.74, 6) is 0. The first-order valence-corrected chi connectivity index (χ1v) is 3.13. The Balaban J connectivity index is 3.34. The Bertz CT molecular complexity index is 353. The Kier molecular flexibility index (Phi) is 1.90. The maximum absolute atomic E-state index is 6.77. The van der Waals surface area contributed by atoms with Crippen LogP contribution >= 0.6 is 0 Å². The van der Waals surface area contributed by atoms with E-state index in [9.17, 15) is 0 Å². The normalized spacial score (nSPS) is 8.27. The van der Waals surface area contributed by atoms with Crippen molar-refractivity contribution in [3.05, 3.63) is 46.6 Å². The van der Waals surface area contributed by atoms with Crippen LogP contribution in [0.5, 0.6) is 0 Å². The maximum Gasteiger partial charge on any atom is 0.194 e. The molecule has 0 amide bonds.